The Kier molecular flexibility index (Phi) is 7.85. The quantitative estimate of drug-likeness (QED) is 0.376. The Labute approximate surface area is 247 Å². The zero-order chi connectivity index (χ0) is 30.1. The highest BCUT2D eigenvalue weighted by Gasteiger charge is 2.49. The van der Waals surface area contributed by atoms with Crippen molar-refractivity contribution in [2.75, 3.05) is 25.1 Å². The van der Waals surface area contributed by atoms with Crippen LogP contribution in [-0.2, 0) is 32.1 Å². The summed E-state index contributed by atoms with van der Waals surface area (Å²) < 4.78 is 32.9. The van der Waals surface area contributed by atoms with Crippen LogP contribution in [0.4, 0.5) is 10.2 Å². The number of amides is 1. The number of hydrogen-bond donors (Lipinski definition) is 2. The van der Waals surface area contributed by atoms with Gasteiger partial charge in [-0.1, -0.05) is 6.92 Å². The molecule has 5 aliphatic rings. The van der Waals surface area contributed by atoms with Crippen LogP contribution in [0.3, 0.4) is 0 Å². The van der Waals surface area contributed by atoms with Crippen molar-refractivity contribution < 1.29 is 33.0 Å². The van der Waals surface area contributed by atoms with E-state index in [1.54, 1.807) is 0 Å². The van der Waals surface area contributed by atoms with Crippen LogP contribution in [0.15, 0.2) is 30.5 Å². The molecule has 3 aromatic heterocycles. The molecule has 226 valence electrons. The van der Waals surface area contributed by atoms with Gasteiger partial charge in [-0.2, -0.15) is 9.59 Å². The van der Waals surface area contributed by atoms with E-state index >= 15 is 4.39 Å². The van der Waals surface area contributed by atoms with Crippen molar-refractivity contribution in [3.63, 3.8) is 0 Å². The first-order valence-corrected chi connectivity index (χ1v) is 14.6. The summed E-state index contributed by atoms with van der Waals surface area (Å²) >= 11 is 0. The van der Waals surface area contributed by atoms with E-state index in [0.717, 1.165) is 37.8 Å². The van der Waals surface area contributed by atoms with Crippen LogP contribution in [-0.4, -0.2) is 58.0 Å². The summed E-state index contributed by atoms with van der Waals surface area (Å²) in [5.41, 5.74) is 2.55. The van der Waals surface area contributed by atoms with Crippen molar-refractivity contribution in [2.24, 2.45) is 5.41 Å². The summed E-state index contributed by atoms with van der Waals surface area (Å²) in [7, 11) is 0. The fourth-order valence-corrected chi connectivity index (χ4v) is 6.05. The average molecular weight is 592 g/mol. The summed E-state index contributed by atoms with van der Waals surface area (Å²) in [6.45, 7) is 4.03. The third-order valence-corrected chi connectivity index (χ3v) is 9.19. The number of halogens is 1. The lowest BCUT2D eigenvalue weighted by atomic mass is 9.69. The second kappa shape index (κ2) is 11.6. The molecular formula is C31H34FN5O6. The van der Waals surface area contributed by atoms with Crippen molar-refractivity contribution in [3.05, 3.63) is 47.5 Å². The van der Waals surface area contributed by atoms with Gasteiger partial charge in [-0.05, 0) is 69.6 Å². The molecule has 0 aromatic carbocycles. The number of aryl methyl sites for hydroxylation is 1. The average Bonchev–Trinajstić information content (AvgIpc) is 3.76. The van der Waals surface area contributed by atoms with Crippen molar-refractivity contribution >= 4 is 28.9 Å². The van der Waals surface area contributed by atoms with Crippen LogP contribution in [0.25, 0.3) is 11.0 Å². The third-order valence-electron chi connectivity index (χ3n) is 9.19. The van der Waals surface area contributed by atoms with E-state index in [1.807, 2.05) is 24.3 Å². The number of nitrogens with zero attached hydrogens (tertiary/aromatic N) is 3. The van der Waals surface area contributed by atoms with Crippen LogP contribution >= 0.6 is 0 Å². The molecule has 2 aliphatic carbocycles. The largest absolute Gasteiger partial charge is 0.480 e. The van der Waals surface area contributed by atoms with E-state index in [-0.39, 0.29) is 41.0 Å². The number of aromatic nitrogens is 3. The van der Waals surface area contributed by atoms with Gasteiger partial charge in [0.2, 0.25) is 5.88 Å². The van der Waals surface area contributed by atoms with Crippen LogP contribution in [0.2, 0.25) is 0 Å². The molecular weight excluding hydrogens is 557 g/mol. The molecule has 2 saturated carbocycles. The summed E-state index contributed by atoms with van der Waals surface area (Å²) in [4.78, 5) is 41.4. The molecule has 12 heteroatoms. The van der Waals surface area contributed by atoms with Crippen LogP contribution in [0.1, 0.15) is 63.1 Å². The molecule has 0 atom stereocenters. The molecule has 1 amide bonds. The van der Waals surface area contributed by atoms with E-state index < -0.39 is 0 Å². The minimum atomic E-state index is -0.329. The Morgan fingerprint density at radius 2 is 1.88 bits per heavy atom. The number of hydrogen-bond acceptors (Lipinski definition) is 10. The number of rotatable bonds is 9. The SMILES string of the molecule is CC1(COc2ccc3ncc(F)c(CCC45CCC(NCc6ccc7c(n6)NC(=O)CO7)(CC4)CO5)c3n2)CC1.O=C=O. The first-order chi connectivity index (χ1) is 20.7. The first-order valence-electron chi connectivity index (χ1n) is 14.6. The maximum absolute atomic E-state index is 15.0. The minimum Gasteiger partial charge on any atom is -0.480 e. The number of carbonyl (C=O) groups is 1. The van der Waals surface area contributed by atoms with E-state index in [1.165, 1.54) is 19.0 Å². The van der Waals surface area contributed by atoms with E-state index in [0.29, 0.717) is 60.2 Å². The highest BCUT2D eigenvalue weighted by Crippen LogP contribution is 2.47. The van der Waals surface area contributed by atoms with E-state index in [2.05, 4.69) is 32.5 Å². The Bertz CT molecular complexity index is 1550. The fourth-order valence-electron chi connectivity index (χ4n) is 6.05. The van der Waals surface area contributed by atoms with Crippen LogP contribution in [0.5, 0.6) is 11.6 Å². The maximum Gasteiger partial charge on any atom is 0.373 e. The molecule has 2 N–H and O–H groups in total. The first kappa shape index (κ1) is 29.1. The van der Waals surface area contributed by atoms with Gasteiger partial charge >= 0.3 is 6.15 Å². The Morgan fingerprint density at radius 3 is 2.60 bits per heavy atom. The Morgan fingerprint density at radius 1 is 1.09 bits per heavy atom. The summed E-state index contributed by atoms with van der Waals surface area (Å²) in [5.74, 6) is 1.06. The monoisotopic (exact) mass is 591 g/mol. The Balaban J connectivity index is 0.00000105. The zero-order valence-electron chi connectivity index (χ0n) is 24.0. The third kappa shape index (κ3) is 6.36. The van der Waals surface area contributed by atoms with Crippen molar-refractivity contribution in [1.82, 2.24) is 20.3 Å². The molecule has 11 nitrogen and oxygen atoms in total. The molecule has 2 saturated heterocycles. The second-order valence-corrected chi connectivity index (χ2v) is 12.4. The zero-order valence-corrected chi connectivity index (χ0v) is 24.0. The summed E-state index contributed by atoms with van der Waals surface area (Å²) in [6, 6.07) is 7.45. The van der Waals surface area contributed by atoms with Crippen LogP contribution < -0.4 is 20.1 Å². The van der Waals surface area contributed by atoms with Gasteiger partial charge in [-0.3, -0.25) is 9.78 Å². The predicted octanol–water partition coefficient (Wildman–Crippen LogP) is 3.89. The highest BCUT2D eigenvalue weighted by atomic mass is 19.1. The lowest BCUT2D eigenvalue weighted by Gasteiger charge is -2.53. The molecule has 6 heterocycles. The number of carbonyl (C=O) groups excluding carboxylic acids is 3. The molecule has 0 radical (unpaired) electrons. The molecule has 43 heavy (non-hydrogen) atoms. The molecule has 3 aliphatic heterocycles. The highest BCUT2D eigenvalue weighted by molar-refractivity contribution is 5.94. The van der Waals surface area contributed by atoms with Crippen molar-refractivity contribution in [2.45, 2.75) is 76.0 Å². The van der Waals surface area contributed by atoms with Gasteiger partial charge in [0.25, 0.3) is 5.91 Å². The molecule has 8 rings (SSSR count). The molecule has 2 bridgehead atoms. The number of nitrogens with one attached hydrogen (secondary N) is 2. The van der Waals surface area contributed by atoms with Gasteiger partial charge in [0.05, 0.1) is 41.7 Å². The second-order valence-electron chi connectivity index (χ2n) is 12.4. The lowest BCUT2D eigenvalue weighted by Crippen LogP contribution is -2.61. The normalized spacial score (nSPS) is 24.6. The maximum atomic E-state index is 15.0. The minimum absolute atomic E-state index is 0.0179. The molecule has 4 fully saturated rings. The smallest absolute Gasteiger partial charge is 0.373 e. The lowest BCUT2D eigenvalue weighted by molar-refractivity contribution is -0.191. The van der Waals surface area contributed by atoms with Gasteiger partial charge in [-0.15, -0.1) is 0 Å². The van der Waals surface area contributed by atoms with Gasteiger partial charge in [0.15, 0.2) is 18.2 Å². The molecule has 3 aromatic rings. The summed E-state index contributed by atoms with van der Waals surface area (Å²) in [5, 5.41) is 6.45. The van der Waals surface area contributed by atoms with Gasteiger partial charge in [0, 0.05) is 29.1 Å². The predicted molar refractivity (Wildman–Crippen MR) is 151 cm³/mol. The van der Waals surface area contributed by atoms with E-state index in [9.17, 15) is 4.79 Å². The van der Waals surface area contributed by atoms with Crippen LogP contribution in [0, 0.1) is 11.2 Å². The van der Waals surface area contributed by atoms with Gasteiger partial charge in [-0.25, -0.2) is 14.4 Å². The molecule has 0 unspecified atom stereocenters. The summed E-state index contributed by atoms with van der Waals surface area (Å²) in [6.07, 6.45) is 8.93. The standard InChI is InChI=1S/C30H34FN5O4.CO2/c1-28(8-9-28)17-39-25-5-3-22-26(36-25)20(21(31)15-32-22)6-7-30-12-10-29(11-13-30,18-40-30)33-14-19-2-4-23-27(34-19)35-24(37)16-38-23;2-1-3/h2-5,15,33H,6-14,16-18H2,1H3,(H,34,35,37);. The topological polar surface area (TPSA) is 142 Å². The number of anilines is 1. The fraction of sp³-hybridized carbons (Fsp3) is 0.516. The van der Waals surface area contributed by atoms with Gasteiger partial charge < -0.3 is 24.8 Å². The number of fused-ring (bicyclic) bond motifs is 5. The Hall–Kier alpha value is -3.99. The van der Waals surface area contributed by atoms with Crippen molar-refractivity contribution in [1.29, 1.82) is 0 Å². The van der Waals surface area contributed by atoms with Crippen molar-refractivity contribution in [3.8, 4) is 11.6 Å². The van der Waals surface area contributed by atoms with E-state index in [4.69, 9.17) is 23.8 Å². The molecule has 0 spiro atoms. The number of ether oxygens (including phenoxy) is 3. The number of pyridine rings is 3. The van der Waals surface area contributed by atoms with Gasteiger partial charge in [0.1, 0.15) is 5.82 Å².